The number of likely N-dealkylation sites (N-methyl/N-ethyl adjacent to an activating group) is 1. The Labute approximate surface area is 129 Å². The van der Waals surface area contributed by atoms with Crippen LogP contribution in [0.1, 0.15) is 58.6 Å². The summed E-state index contributed by atoms with van der Waals surface area (Å²) in [5, 5.41) is 0. The molecule has 0 bridgehead atoms. The first kappa shape index (κ1) is 16.6. The topological polar surface area (TPSA) is 42.4 Å². The Morgan fingerprint density at radius 1 is 1.33 bits per heavy atom. The van der Waals surface area contributed by atoms with Crippen molar-refractivity contribution < 1.29 is 4.42 Å². The predicted octanol–water partition coefficient (Wildman–Crippen LogP) is 4.04. The Balaban J connectivity index is 2.06. The third-order valence-corrected chi connectivity index (χ3v) is 5.54. The lowest BCUT2D eigenvalue weighted by Gasteiger charge is -2.41. The molecule has 2 atom stereocenters. The fourth-order valence-corrected chi connectivity index (χ4v) is 3.80. The monoisotopic (exact) mass is 292 g/mol. The Hall–Kier alpha value is -0.800. The summed E-state index contributed by atoms with van der Waals surface area (Å²) in [6.45, 7) is 8.71. The minimum Gasteiger partial charge on any atom is -0.468 e. The summed E-state index contributed by atoms with van der Waals surface area (Å²) in [5.41, 5.74) is 6.76. The number of nitrogens with zero attached hydrogens (tertiary/aromatic N) is 1. The largest absolute Gasteiger partial charge is 0.468 e. The van der Waals surface area contributed by atoms with Gasteiger partial charge < -0.3 is 10.2 Å². The van der Waals surface area contributed by atoms with E-state index in [0.29, 0.717) is 5.41 Å². The van der Waals surface area contributed by atoms with Gasteiger partial charge in [-0.2, -0.15) is 0 Å². The van der Waals surface area contributed by atoms with Gasteiger partial charge >= 0.3 is 0 Å². The first-order valence-corrected chi connectivity index (χ1v) is 8.31. The van der Waals surface area contributed by atoms with Crippen molar-refractivity contribution in [1.29, 1.82) is 0 Å². The molecular weight excluding hydrogens is 260 g/mol. The van der Waals surface area contributed by atoms with Crippen LogP contribution in [0, 0.1) is 11.3 Å². The maximum atomic E-state index is 6.22. The van der Waals surface area contributed by atoms with Crippen molar-refractivity contribution in [2.75, 3.05) is 13.6 Å². The highest BCUT2D eigenvalue weighted by atomic mass is 16.3. The Bertz CT molecular complexity index is 421. The van der Waals surface area contributed by atoms with E-state index in [2.05, 4.69) is 38.8 Å². The highest BCUT2D eigenvalue weighted by Gasteiger charge is 2.38. The SMILES string of the molecule is CN(Cc1ccco1)C1(CN)CCCC(C(C)(C)C)CC1. The van der Waals surface area contributed by atoms with E-state index < -0.39 is 0 Å². The molecule has 1 saturated carbocycles. The predicted molar refractivity (Wildman–Crippen MR) is 88.0 cm³/mol. The number of hydrogen-bond acceptors (Lipinski definition) is 3. The van der Waals surface area contributed by atoms with Crippen molar-refractivity contribution in [2.45, 2.75) is 65.0 Å². The number of nitrogens with two attached hydrogens (primary N) is 1. The molecule has 21 heavy (non-hydrogen) atoms. The minimum atomic E-state index is 0.132. The van der Waals surface area contributed by atoms with E-state index in [0.717, 1.165) is 24.8 Å². The van der Waals surface area contributed by atoms with Gasteiger partial charge in [-0.1, -0.05) is 27.2 Å². The van der Waals surface area contributed by atoms with Gasteiger partial charge in [0.2, 0.25) is 0 Å². The van der Waals surface area contributed by atoms with Crippen LogP contribution in [-0.4, -0.2) is 24.0 Å². The van der Waals surface area contributed by atoms with Crippen molar-refractivity contribution in [2.24, 2.45) is 17.1 Å². The van der Waals surface area contributed by atoms with Gasteiger partial charge in [0.1, 0.15) is 5.76 Å². The van der Waals surface area contributed by atoms with Crippen LogP contribution >= 0.6 is 0 Å². The highest BCUT2D eigenvalue weighted by molar-refractivity contribution is 5.01. The van der Waals surface area contributed by atoms with E-state index in [1.165, 1.54) is 32.1 Å². The second-order valence-corrected chi connectivity index (χ2v) is 7.86. The fourth-order valence-electron chi connectivity index (χ4n) is 3.80. The van der Waals surface area contributed by atoms with Crippen molar-refractivity contribution in [3.63, 3.8) is 0 Å². The number of hydrogen-bond donors (Lipinski definition) is 1. The molecule has 0 spiro atoms. The van der Waals surface area contributed by atoms with Crippen LogP contribution in [0.3, 0.4) is 0 Å². The van der Waals surface area contributed by atoms with Crippen molar-refractivity contribution >= 4 is 0 Å². The van der Waals surface area contributed by atoms with Gasteiger partial charge in [0.15, 0.2) is 0 Å². The van der Waals surface area contributed by atoms with Crippen LogP contribution < -0.4 is 5.73 Å². The first-order chi connectivity index (χ1) is 9.87. The maximum absolute atomic E-state index is 6.22. The third kappa shape index (κ3) is 3.89. The summed E-state index contributed by atoms with van der Waals surface area (Å²) in [7, 11) is 2.20. The first-order valence-electron chi connectivity index (χ1n) is 8.31. The van der Waals surface area contributed by atoms with E-state index in [9.17, 15) is 0 Å². The van der Waals surface area contributed by atoms with Crippen LogP contribution in [0.5, 0.6) is 0 Å². The van der Waals surface area contributed by atoms with E-state index in [4.69, 9.17) is 10.2 Å². The molecule has 1 aliphatic rings. The molecule has 0 aromatic carbocycles. The number of rotatable bonds is 4. The summed E-state index contributed by atoms with van der Waals surface area (Å²) in [4.78, 5) is 2.43. The highest BCUT2D eigenvalue weighted by Crippen LogP contribution is 2.41. The van der Waals surface area contributed by atoms with Crippen LogP contribution in [0.15, 0.2) is 22.8 Å². The van der Waals surface area contributed by atoms with Crippen LogP contribution in [-0.2, 0) is 6.54 Å². The molecule has 120 valence electrons. The average Bonchev–Trinajstić information content (AvgIpc) is 2.81. The zero-order valence-corrected chi connectivity index (χ0v) is 14.2. The lowest BCUT2D eigenvalue weighted by molar-refractivity contribution is 0.0880. The van der Waals surface area contributed by atoms with E-state index in [-0.39, 0.29) is 5.54 Å². The molecule has 1 aromatic heterocycles. The Morgan fingerprint density at radius 3 is 2.67 bits per heavy atom. The van der Waals surface area contributed by atoms with Crippen molar-refractivity contribution in [1.82, 2.24) is 4.90 Å². The van der Waals surface area contributed by atoms with Crippen LogP contribution in [0.2, 0.25) is 0 Å². The normalized spacial score (nSPS) is 27.8. The Kier molecular flexibility index (Phi) is 5.15. The van der Waals surface area contributed by atoms with Gasteiger partial charge in [-0.15, -0.1) is 0 Å². The molecule has 2 rings (SSSR count). The summed E-state index contributed by atoms with van der Waals surface area (Å²) >= 11 is 0. The second-order valence-electron chi connectivity index (χ2n) is 7.86. The van der Waals surface area contributed by atoms with Crippen molar-refractivity contribution in [3.8, 4) is 0 Å². The molecule has 1 heterocycles. The van der Waals surface area contributed by atoms with E-state index >= 15 is 0 Å². The number of furan rings is 1. The zero-order chi connectivity index (χ0) is 15.5. The molecule has 1 aromatic rings. The molecule has 2 unspecified atom stereocenters. The van der Waals surface area contributed by atoms with Gasteiger partial charge in [-0.25, -0.2) is 0 Å². The summed E-state index contributed by atoms with van der Waals surface area (Å²) < 4.78 is 5.51. The zero-order valence-electron chi connectivity index (χ0n) is 14.2. The quantitative estimate of drug-likeness (QED) is 0.852. The lowest BCUT2D eigenvalue weighted by Crippen LogP contribution is -2.51. The minimum absolute atomic E-state index is 0.132. The fraction of sp³-hybridized carbons (Fsp3) is 0.778. The molecule has 0 aliphatic heterocycles. The average molecular weight is 292 g/mol. The summed E-state index contributed by atoms with van der Waals surface area (Å²) in [6.07, 6.45) is 8.04. The molecule has 0 saturated heterocycles. The smallest absolute Gasteiger partial charge is 0.117 e. The maximum Gasteiger partial charge on any atom is 0.117 e. The molecule has 1 aliphatic carbocycles. The summed E-state index contributed by atoms with van der Waals surface area (Å²) in [5.74, 6) is 1.84. The van der Waals surface area contributed by atoms with Crippen LogP contribution in [0.25, 0.3) is 0 Å². The van der Waals surface area contributed by atoms with Gasteiger partial charge in [-0.3, -0.25) is 4.90 Å². The lowest BCUT2D eigenvalue weighted by atomic mass is 9.76. The van der Waals surface area contributed by atoms with Gasteiger partial charge in [0.05, 0.1) is 12.8 Å². The molecule has 0 amide bonds. The second kappa shape index (κ2) is 6.53. The molecule has 0 radical (unpaired) electrons. The van der Waals surface area contributed by atoms with Crippen LogP contribution in [0.4, 0.5) is 0 Å². The molecule has 2 N–H and O–H groups in total. The van der Waals surface area contributed by atoms with E-state index in [1.54, 1.807) is 6.26 Å². The Morgan fingerprint density at radius 2 is 2.10 bits per heavy atom. The molecule has 3 heteroatoms. The molecular formula is C18H32N2O. The molecule has 1 fully saturated rings. The van der Waals surface area contributed by atoms with E-state index in [1.807, 2.05) is 6.07 Å². The third-order valence-electron chi connectivity index (χ3n) is 5.54. The van der Waals surface area contributed by atoms with Gasteiger partial charge in [-0.05, 0) is 56.2 Å². The van der Waals surface area contributed by atoms with Crippen molar-refractivity contribution in [3.05, 3.63) is 24.2 Å². The van der Waals surface area contributed by atoms with Gasteiger partial charge in [0.25, 0.3) is 0 Å². The molecule has 3 nitrogen and oxygen atoms in total. The summed E-state index contributed by atoms with van der Waals surface area (Å²) in [6, 6.07) is 4.01. The standard InChI is InChI=1S/C18H32N2O/c1-17(2,3)15-7-5-10-18(14-19,11-9-15)20(4)13-16-8-6-12-21-16/h6,8,12,15H,5,7,9-11,13-14,19H2,1-4H3. The van der Waals surface area contributed by atoms with Gasteiger partial charge in [0, 0.05) is 12.1 Å².